The van der Waals surface area contributed by atoms with Crippen LogP contribution in [0.2, 0.25) is 0 Å². The SMILES string of the molecule is CCCCC1CCC(C(NC)c2ccc(Br)o2)CC1. The fourth-order valence-corrected chi connectivity index (χ4v) is 3.73. The molecule has 0 bridgehead atoms. The Morgan fingerprint density at radius 2 is 2.05 bits per heavy atom. The summed E-state index contributed by atoms with van der Waals surface area (Å²) < 4.78 is 6.57. The molecule has 1 atom stereocenters. The number of furan rings is 1. The molecule has 2 nitrogen and oxygen atoms in total. The second kappa shape index (κ2) is 7.49. The maximum atomic E-state index is 5.74. The number of halogens is 1. The van der Waals surface area contributed by atoms with E-state index in [0.29, 0.717) is 6.04 Å². The largest absolute Gasteiger partial charge is 0.453 e. The summed E-state index contributed by atoms with van der Waals surface area (Å²) in [6.45, 7) is 2.29. The molecule has 19 heavy (non-hydrogen) atoms. The first-order chi connectivity index (χ1) is 9.24. The molecule has 1 aliphatic rings. The summed E-state index contributed by atoms with van der Waals surface area (Å²) in [4.78, 5) is 0. The zero-order valence-corrected chi connectivity index (χ0v) is 13.7. The Morgan fingerprint density at radius 3 is 2.58 bits per heavy atom. The summed E-state index contributed by atoms with van der Waals surface area (Å²) in [5.74, 6) is 2.77. The van der Waals surface area contributed by atoms with Gasteiger partial charge in [0.05, 0.1) is 6.04 Å². The normalized spacial score (nSPS) is 25.4. The molecular weight excluding hydrogens is 302 g/mol. The van der Waals surface area contributed by atoms with E-state index < -0.39 is 0 Å². The fourth-order valence-electron chi connectivity index (χ4n) is 3.41. The Hall–Kier alpha value is -0.280. The third-order valence-electron chi connectivity index (χ3n) is 4.54. The average molecular weight is 328 g/mol. The van der Waals surface area contributed by atoms with E-state index in [1.165, 1.54) is 44.9 Å². The van der Waals surface area contributed by atoms with Gasteiger partial charge in [0.15, 0.2) is 4.67 Å². The van der Waals surface area contributed by atoms with E-state index in [1.807, 2.05) is 13.1 Å². The van der Waals surface area contributed by atoms with Crippen LogP contribution in [-0.2, 0) is 0 Å². The molecule has 1 heterocycles. The van der Waals surface area contributed by atoms with Gasteiger partial charge in [-0.2, -0.15) is 0 Å². The van der Waals surface area contributed by atoms with Gasteiger partial charge in [0.2, 0.25) is 0 Å². The van der Waals surface area contributed by atoms with Crippen molar-refractivity contribution >= 4 is 15.9 Å². The number of nitrogens with one attached hydrogen (secondary N) is 1. The van der Waals surface area contributed by atoms with Crippen molar-refractivity contribution in [2.75, 3.05) is 7.05 Å². The quantitative estimate of drug-likeness (QED) is 0.766. The molecule has 0 aliphatic heterocycles. The zero-order chi connectivity index (χ0) is 13.7. The van der Waals surface area contributed by atoms with Crippen LogP contribution in [0.5, 0.6) is 0 Å². The predicted octanol–water partition coefficient (Wildman–Crippen LogP) is 5.30. The second-order valence-corrected chi connectivity index (χ2v) is 6.61. The van der Waals surface area contributed by atoms with E-state index in [4.69, 9.17) is 4.42 Å². The standard InChI is InChI=1S/C16H26BrNO/c1-3-4-5-12-6-8-13(9-7-12)16(18-2)14-10-11-15(17)19-14/h10-13,16,18H,3-9H2,1-2H3. The maximum absolute atomic E-state index is 5.74. The molecule has 0 saturated heterocycles. The van der Waals surface area contributed by atoms with E-state index in [1.54, 1.807) is 0 Å². The zero-order valence-electron chi connectivity index (χ0n) is 12.1. The van der Waals surface area contributed by atoms with Gasteiger partial charge >= 0.3 is 0 Å². The van der Waals surface area contributed by atoms with Crippen molar-refractivity contribution in [3.63, 3.8) is 0 Å². The van der Waals surface area contributed by atoms with Crippen molar-refractivity contribution < 1.29 is 4.42 Å². The van der Waals surface area contributed by atoms with E-state index >= 15 is 0 Å². The summed E-state index contributed by atoms with van der Waals surface area (Å²) in [5, 5.41) is 3.44. The minimum atomic E-state index is 0.374. The summed E-state index contributed by atoms with van der Waals surface area (Å²) in [6, 6.07) is 4.46. The van der Waals surface area contributed by atoms with Crippen LogP contribution in [0.25, 0.3) is 0 Å². The maximum Gasteiger partial charge on any atom is 0.169 e. The first kappa shape index (κ1) is 15.1. The van der Waals surface area contributed by atoms with Gasteiger partial charge in [-0.15, -0.1) is 0 Å². The molecule has 1 aromatic heterocycles. The highest BCUT2D eigenvalue weighted by atomic mass is 79.9. The predicted molar refractivity (Wildman–Crippen MR) is 83.2 cm³/mol. The van der Waals surface area contributed by atoms with Gasteiger partial charge in [0.1, 0.15) is 5.76 Å². The molecule has 2 rings (SSSR count). The van der Waals surface area contributed by atoms with Gasteiger partial charge in [-0.1, -0.05) is 39.0 Å². The van der Waals surface area contributed by atoms with Crippen molar-refractivity contribution in [3.05, 3.63) is 22.6 Å². The third kappa shape index (κ3) is 4.09. The minimum absolute atomic E-state index is 0.374. The first-order valence-corrected chi connectivity index (χ1v) is 8.46. The summed E-state index contributed by atoms with van der Waals surface area (Å²) in [7, 11) is 2.05. The average Bonchev–Trinajstić information content (AvgIpc) is 2.85. The molecule has 1 aromatic rings. The lowest BCUT2D eigenvalue weighted by molar-refractivity contribution is 0.202. The van der Waals surface area contributed by atoms with E-state index in [0.717, 1.165) is 22.3 Å². The lowest BCUT2D eigenvalue weighted by Gasteiger charge is -2.33. The molecule has 1 aliphatic carbocycles. The lowest BCUT2D eigenvalue weighted by Crippen LogP contribution is -2.28. The molecule has 108 valence electrons. The van der Waals surface area contributed by atoms with Crippen LogP contribution in [0.1, 0.15) is 63.7 Å². The Kier molecular flexibility index (Phi) is 5.96. The van der Waals surface area contributed by atoms with Crippen molar-refractivity contribution in [3.8, 4) is 0 Å². The van der Waals surface area contributed by atoms with Crippen LogP contribution in [0.15, 0.2) is 21.2 Å². The molecule has 3 heteroatoms. The Bertz CT molecular complexity index is 369. The first-order valence-electron chi connectivity index (χ1n) is 7.67. The van der Waals surface area contributed by atoms with Crippen molar-refractivity contribution in [1.29, 1.82) is 0 Å². The van der Waals surface area contributed by atoms with Crippen LogP contribution < -0.4 is 5.32 Å². The van der Waals surface area contributed by atoms with Gasteiger partial charge < -0.3 is 9.73 Å². The molecular formula is C16H26BrNO. The fraction of sp³-hybridized carbons (Fsp3) is 0.750. The molecule has 1 fully saturated rings. The number of hydrogen-bond acceptors (Lipinski definition) is 2. The molecule has 1 N–H and O–H groups in total. The highest BCUT2D eigenvalue weighted by Crippen LogP contribution is 2.39. The molecule has 1 unspecified atom stereocenters. The lowest BCUT2D eigenvalue weighted by atomic mass is 9.76. The van der Waals surface area contributed by atoms with Crippen LogP contribution in [-0.4, -0.2) is 7.05 Å². The van der Waals surface area contributed by atoms with Crippen molar-refractivity contribution in [2.45, 2.75) is 57.9 Å². The van der Waals surface area contributed by atoms with Gasteiger partial charge in [-0.3, -0.25) is 0 Å². The smallest absolute Gasteiger partial charge is 0.169 e. The Balaban J connectivity index is 1.88. The van der Waals surface area contributed by atoms with Crippen LogP contribution in [0.3, 0.4) is 0 Å². The van der Waals surface area contributed by atoms with Gasteiger partial charge in [0, 0.05) is 0 Å². The van der Waals surface area contributed by atoms with Gasteiger partial charge in [-0.25, -0.2) is 0 Å². The number of hydrogen-bond donors (Lipinski definition) is 1. The Labute approximate surface area is 125 Å². The molecule has 0 aromatic carbocycles. The van der Waals surface area contributed by atoms with Crippen LogP contribution >= 0.6 is 15.9 Å². The molecule has 0 amide bonds. The van der Waals surface area contributed by atoms with Gasteiger partial charge in [-0.05, 0) is 59.8 Å². The highest BCUT2D eigenvalue weighted by molar-refractivity contribution is 9.10. The second-order valence-electron chi connectivity index (χ2n) is 5.83. The minimum Gasteiger partial charge on any atom is -0.453 e. The topological polar surface area (TPSA) is 25.2 Å². The monoisotopic (exact) mass is 327 g/mol. The van der Waals surface area contributed by atoms with E-state index in [9.17, 15) is 0 Å². The van der Waals surface area contributed by atoms with Crippen molar-refractivity contribution in [2.24, 2.45) is 11.8 Å². The van der Waals surface area contributed by atoms with Crippen molar-refractivity contribution in [1.82, 2.24) is 5.32 Å². The molecule has 0 radical (unpaired) electrons. The summed E-state index contributed by atoms with van der Waals surface area (Å²) in [6.07, 6.45) is 9.61. The van der Waals surface area contributed by atoms with Crippen LogP contribution in [0.4, 0.5) is 0 Å². The number of unbranched alkanes of at least 4 members (excludes halogenated alkanes) is 1. The van der Waals surface area contributed by atoms with E-state index in [-0.39, 0.29) is 0 Å². The highest BCUT2D eigenvalue weighted by Gasteiger charge is 2.29. The van der Waals surface area contributed by atoms with E-state index in [2.05, 4.69) is 34.2 Å². The number of rotatable bonds is 6. The Morgan fingerprint density at radius 1 is 1.32 bits per heavy atom. The molecule has 0 spiro atoms. The summed E-state index contributed by atoms with van der Waals surface area (Å²) >= 11 is 3.40. The third-order valence-corrected chi connectivity index (χ3v) is 4.97. The van der Waals surface area contributed by atoms with Gasteiger partial charge in [0.25, 0.3) is 0 Å². The summed E-state index contributed by atoms with van der Waals surface area (Å²) in [5.41, 5.74) is 0. The molecule has 1 saturated carbocycles. The van der Waals surface area contributed by atoms with Crippen LogP contribution in [0, 0.1) is 11.8 Å².